The largest absolute Gasteiger partial charge is 0.496 e. The van der Waals surface area contributed by atoms with Gasteiger partial charge in [-0.3, -0.25) is 4.79 Å². The van der Waals surface area contributed by atoms with Crippen LogP contribution >= 0.6 is 0 Å². The Balaban J connectivity index is 2.13. The molecule has 0 fully saturated rings. The number of amides is 1. The van der Waals surface area contributed by atoms with E-state index in [2.05, 4.69) is 12.2 Å². The third-order valence-corrected chi connectivity index (χ3v) is 3.62. The monoisotopic (exact) mass is 349 g/mol. The van der Waals surface area contributed by atoms with Gasteiger partial charge in [0.1, 0.15) is 17.4 Å². The van der Waals surface area contributed by atoms with E-state index in [9.17, 15) is 13.6 Å². The van der Waals surface area contributed by atoms with Crippen molar-refractivity contribution in [1.29, 1.82) is 0 Å². The van der Waals surface area contributed by atoms with Gasteiger partial charge in [0.25, 0.3) is 5.91 Å². The van der Waals surface area contributed by atoms with Crippen molar-refractivity contribution in [1.82, 2.24) is 0 Å². The second-order valence-corrected chi connectivity index (χ2v) is 5.51. The number of unbranched alkanes of at least 4 members (excludes halogenated alkanes) is 1. The van der Waals surface area contributed by atoms with Crippen molar-refractivity contribution in [3.63, 3.8) is 0 Å². The summed E-state index contributed by atoms with van der Waals surface area (Å²) in [6, 6.07) is 7.86. The van der Waals surface area contributed by atoms with Crippen LogP contribution in [0.25, 0.3) is 0 Å². The summed E-state index contributed by atoms with van der Waals surface area (Å²) in [7, 11) is 1.54. The van der Waals surface area contributed by atoms with Crippen LogP contribution in [-0.4, -0.2) is 19.6 Å². The van der Waals surface area contributed by atoms with Gasteiger partial charge >= 0.3 is 0 Å². The predicted octanol–water partition coefficient (Wildman–Crippen LogP) is 4.54. The summed E-state index contributed by atoms with van der Waals surface area (Å²) in [5.41, 5.74) is 0.979. The van der Waals surface area contributed by atoms with E-state index in [1.807, 2.05) is 0 Å². The fraction of sp³-hybridized carbons (Fsp3) is 0.316. The molecule has 2 aromatic rings. The van der Waals surface area contributed by atoms with Crippen LogP contribution in [0.4, 0.5) is 14.5 Å². The van der Waals surface area contributed by atoms with E-state index in [1.165, 1.54) is 6.07 Å². The van der Waals surface area contributed by atoms with E-state index >= 15 is 0 Å². The summed E-state index contributed by atoms with van der Waals surface area (Å²) in [6.07, 6.45) is 1.98. The highest BCUT2D eigenvalue weighted by Crippen LogP contribution is 2.22. The van der Waals surface area contributed by atoms with E-state index in [-0.39, 0.29) is 5.69 Å². The number of hydrogen-bond donors (Lipinski definition) is 1. The van der Waals surface area contributed by atoms with Gasteiger partial charge in [0.15, 0.2) is 0 Å². The molecule has 0 saturated carbocycles. The lowest BCUT2D eigenvalue weighted by Crippen LogP contribution is -2.14. The molecular formula is C19H21F2NO3. The fourth-order valence-electron chi connectivity index (χ4n) is 2.25. The first-order valence-electron chi connectivity index (χ1n) is 8.06. The van der Waals surface area contributed by atoms with Gasteiger partial charge in [0.05, 0.1) is 19.4 Å². The first-order valence-corrected chi connectivity index (χ1v) is 8.06. The van der Waals surface area contributed by atoms with E-state index in [0.717, 1.165) is 30.5 Å². The van der Waals surface area contributed by atoms with Gasteiger partial charge < -0.3 is 14.8 Å². The molecule has 25 heavy (non-hydrogen) atoms. The van der Waals surface area contributed by atoms with Crippen LogP contribution in [0.15, 0.2) is 36.4 Å². The lowest BCUT2D eigenvalue weighted by Gasteiger charge is -2.12. The zero-order chi connectivity index (χ0) is 18.2. The summed E-state index contributed by atoms with van der Waals surface area (Å²) < 4.78 is 37.5. The Kier molecular flexibility index (Phi) is 6.89. The van der Waals surface area contributed by atoms with Crippen molar-refractivity contribution in [3.05, 3.63) is 59.2 Å². The minimum Gasteiger partial charge on any atom is -0.496 e. The molecule has 2 rings (SSSR count). The Morgan fingerprint density at radius 3 is 2.64 bits per heavy atom. The molecule has 1 amide bonds. The van der Waals surface area contributed by atoms with Crippen molar-refractivity contribution >= 4 is 11.6 Å². The highest BCUT2D eigenvalue weighted by atomic mass is 19.1. The standard InChI is InChI=1S/C19H21F2NO3/c1-3-4-9-25-12-14-10-13(5-8-18(14)24-2)19(23)22-17-7-6-15(20)11-16(17)21/h5-8,10-11H,3-4,9,12H2,1-2H3,(H,22,23). The van der Waals surface area contributed by atoms with Crippen LogP contribution in [0.5, 0.6) is 5.75 Å². The maximum Gasteiger partial charge on any atom is 0.255 e. The third kappa shape index (κ3) is 5.26. The number of halogens is 2. The third-order valence-electron chi connectivity index (χ3n) is 3.62. The quantitative estimate of drug-likeness (QED) is 0.712. The molecule has 0 bridgehead atoms. The summed E-state index contributed by atoms with van der Waals surface area (Å²) in [6.45, 7) is 3.01. The Morgan fingerprint density at radius 2 is 1.96 bits per heavy atom. The second-order valence-electron chi connectivity index (χ2n) is 5.51. The molecule has 0 aliphatic rings. The first kappa shape index (κ1) is 18.9. The maximum absolute atomic E-state index is 13.7. The Morgan fingerprint density at radius 1 is 1.16 bits per heavy atom. The molecule has 0 unspecified atom stereocenters. The molecule has 0 radical (unpaired) electrons. The average molecular weight is 349 g/mol. The molecule has 0 saturated heterocycles. The zero-order valence-corrected chi connectivity index (χ0v) is 14.3. The molecule has 6 heteroatoms. The van der Waals surface area contributed by atoms with Crippen LogP contribution < -0.4 is 10.1 Å². The smallest absolute Gasteiger partial charge is 0.255 e. The number of benzene rings is 2. The minimum atomic E-state index is -0.829. The van der Waals surface area contributed by atoms with Crippen molar-refractivity contribution < 1.29 is 23.0 Å². The van der Waals surface area contributed by atoms with Gasteiger partial charge in [-0.2, -0.15) is 0 Å². The maximum atomic E-state index is 13.7. The molecule has 0 aliphatic carbocycles. The number of ether oxygens (including phenoxy) is 2. The lowest BCUT2D eigenvalue weighted by atomic mass is 10.1. The van der Waals surface area contributed by atoms with Gasteiger partial charge in [-0.05, 0) is 36.8 Å². The molecule has 0 aromatic heterocycles. The van der Waals surface area contributed by atoms with Crippen molar-refractivity contribution in [3.8, 4) is 5.75 Å². The number of nitrogens with one attached hydrogen (secondary N) is 1. The first-order chi connectivity index (χ1) is 12.0. The number of anilines is 1. The van der Waals surface area contributed by atoms with Gasteiger partial charge in [0, 0.05) is 23.8 Å². The summed E-state index contributed by atoms with van der Waals surface area (Å²) in [4.78, 5) is 12.3. The van der Waals surface area contributed by atoms with Crippen molar-refractivity contribution in [2.24, 2.45) is 0 Å². The Bertz CT molecular complexity index is 735. The van der Waals surface area contributed by atoms with Crippen LogP contribution in [0.1, 0.15) is 35.7 Å². The molecule has 4 nitrogen and oxygen atoms in total. The van der Waals surface area contributed by atoms with Gasteiger partial charge in [-0.1, -0.05) is 13.3 Å². The van der Waals surface area contributed by atoms with Crippen LogP contribution in [0, 0.1) is 11.6 Å². The topological polar surface area (TPSA) is 47.6 Å². The number of carbonyl (C=O) groups is 1. The lowest BCUT2D eigenvalue weighted by molar-refractivity contribution is 0.102. The summed E-state index contributed by atoms with van der Waals surface area (Å²) in [5, 5.41) is 2.43. The number of methoxy groups -OCH3 is 1. The number of rotatable bonds is 8. The van der Waals surface area contributed by atoms with Gasteiger partial charge in [-0.15, -0.1) is 0 Å². The molecule has 2 aromatic carbocycles. The zero-order valence-electron chi connectivity index (χ0n) is 14.3. The highest BCUT2D eigenvalue weighted by Gasteiger charge is 2.13. The van der Waals surface area contributed by atoms with E-state index in [0.29, 0.717) is 24.5 Å². The molecule has 0 atom stereocenters. The SMILES string of the molecule is CCCCOCc1cc(C(=O)Nc2ccc(F)cc2F)ccc1OC. The molecule has 0 spiro atoms. The Hall–Kier alpha value is -2.47. The molecule has 1 N–H and O–H groups in total. The van der Waals surface area contributed by atoms with E-state index in [4.69, 9.17) is 9.47 Å². The fourth-order valence-corrected chi connectivity index (χ4v) is 2.25. The van der Waals surface area contributed by atoms with Crippen LogP contribution in [0.2, 0.25) is 0 Å². The van der Waals surface area contributed by atoms with Crippen LogP contribution in [-0.2, 0) is 11.3 Å². The van der Waals surface area contributed by atoms with E-state index < -0.39 is 17.5 Å². The van der Waals surface area contributed by atoms with Crippen molar-refractivity contribution in [2.75, 3.05) is 19.0 Å². The van der Waals surface area contributed by atoms with Crippen LogP contribution in [0.3, 0.4) is 0 Å². The normalized spacial score (nSPS) is 10.6. The van der Waals surface area contributed by atoms with E-state index in [1.54, 1.807) is 25.3 Å². The highest BCUT2D eigenvalue weighted by molar-refractivity contribution is 6.04. The molecule has 0 heterocycles. The average Bonchev–Trinajstić information content (AvgIpc) is 2.61. The van der Waals surface area contributed by atoms with Gasteiger partial charge in [-0.25, -0.2) is 8.78 Å². The Labute approximate surface area is 145 Å². The van der Waals surface area contributed by atoms with Crippen molar-refractivity contribution in [2.45, 2.75) is 26.4 Å². The minimum absolute atomic E-state index is 0.0806. The number of carbonyl (C=O) groups excluding carboxylic acids is 1. The van der Waals surface area contributed by atoms with Gasteiger partial charge in [0.2, 0.25) is 0 Å². The molecule has 134 valence electrons. The predicted molar refractivity (Wildman–Crippen MR) is 91.9 cm³/mol. The second kappa shape index (κ2) is 9.13. The molecular weight excluding hydrogens is 328 g/mol. The summed E-state index contributed by atoms with van der Waals surface area (Å²) in [5.74, 6) is -1.42. The number of hydrogen-bond acceptors (Lipinski definition) is 3. The molecule has 0 aliphatic heterocycles. The summed E-state index contributed by atoms with van der Waals surface area (Å²) >= 11 is 0.